The summed E-state index contributed by atoms with van der Waals surface area (Å²) in [6.07, 6.45) is 5.60. The number of aromatic nitrogens is 3. The smallest absolute Gasteiger partial charge is 0.164 e. The summed E-state index contributed by atoms with van der Waals surface area (Å²) in [5.74, 6) is 2.48. The lowest BCUT2D eigenvalue weighted by molar-refractivity contribution is 0.669. The van der Waals surface area contributed by atoms with Gasteiger partial charge in [0.05, 0.1) is 0 Å². The summed E-state index contributed by atoms with van der Waals surface area (Å²) in [4.78, 5) is 16.7. The lowest BCUT2D eigenvalue weighted by Crippen LogP contribution is -2.02. The first-order chi connectivity index (χ1) is 24.2. The van der Waals surface area contributed by atoms with Gasteiger partial charge in [0.25, 0.3) is 0 Å². The van der Waals surface area contributed by atoms with E-state index in [9.17, 15) is 0 Å². The van der Waals surface area contributed by atoms with Gasteiger partial charge < -0.3 is 4.42 Å². The van der Waals surface area contributed by atoms with E-state index in [2.05, 4.69) is 110 Å². The molecule has 0 saturated carbocycles. The van der Waals surface area contributed by atoms with Crippen LogP contribution < -0.4 is 0 Å². The van der Waals surface area contributed by atoms with Crippen molar-refractivity contribution in [3.05, 3.63) is 144 Å². The molecule has 232 valence electrons. The number of fused-ring (bicyclic) bond motifs is 7. The van der Waals surface area contributed by atoms with Crippen LogP contribution in [0.25, 0.3) is 94.2 Å². The van der Waals surface area contributed by atoms with E-state index in [1.54, 1.807) is 0 Å². The van der Waals surface area contributed by atoms with Gasteiger partial charge in [-0.3, -0.25) is 0 Å². The lowest BCUT2D eigenvalue weighted by atomic mass is 9.89. The Morgan fingerprint density at radius 1 is 0.592 bits per heavy atom. The Kier molecular flexibility index (Phi) is 6.36. The molecule has 3 heterocycles. The normalized spacial score (nSPS) is 14.3. The number of benzene rings is 6. The Hall–Kier alpha value is -5.91. The summed E-state index contributed by atoms with van der Waals surface area (Å²) in [7, 11) is 0. The van der Waals surface area contributed by atoms with Gasteiger partial charge >= 0.3 is 0 Å². The molecule has 0 saturated heterocycles. The van der Waals surface area contributed by atoms with Crippen LogP contribution in [0.1, 0.15) is 29.7 Å². The Labute approximate surface area is 287 Å². The summed E-state index contributed by atoms with van der Waals surface area (Å²) in [5.41, 5.74) is 8.52. The molecule has 4 nitrogen and oxygen atoms in total. The van der Waals surface area contributed by atoms with Crippen molar-refractivity contribution in [3.63, 3.8) is 0 Å². The molecule has 0 radical (unpaired) electrons. The van der Waals surface area contributed by atoms with Gasteiger partial charge in [-0.1, -0.05) is 110 Å². The fraction of sp³-hybridized carbons (Fsp3) is 0.0682. The average Bonchev–Trinajstić information content (AvgIpc) is 3.74. The van der Waals surface area contributed by atoms with Crippen LogP contribution >= 0.6 is 11.3 Å². The van der Waals surface area contributed by atoms with E-state index in [1.807, 2.05) is 47.7 Å². The summed E-state index contributed by atoms with van der Waals surface area (Å²) >= 11 is 1.85. The van der Waals surface area contributed by atoms with Crippen LogP contribution in [0.15, 0.2) is 138 Å². The third kappa shape index (κ3) is 4.61. The van der Waals surface area contributed by atoms with Crippen LogP contribution in [0, 0.1) is 0 Å². The van der Waals surface area contributed by atoms with Gasteiger partial charge in [0.15, 0.2) is 17.5 Å². The first kappa shape index (κ1) is 28.1. The predicted molar refractivity (Wildman–Crippen MR) is 204 cm³/mol. The second-order valence-corrected chi connectivity index (χ2v) is 13.9. The van der Waals surface area contributed by atoms with Crippen molar-refractivity contribution in [1.29, 1.82) is 0 Å². The second-order valence-electron chi connectivity index (χ2n) is 12.8. The number of hydrogen-bond acceptors (Lipinski definition) is 5. The molecule has 3 aromatic heterocycles. The minimum absolute atomic E-state index is 0.439. The summed E-state index contributed by atoms with van der Waals surface area (Å²) in [6.45, 7) is 2.32. The molecule has 0 fully saturated rings. The highest BCUT2D eigenvalue weighted by atomic mass is 32.1. The predicted octanol–water partition coefficient (Wildman–Crippen LogP) is 12.3. The number of furan rings is 1. The molecule has 49 heavy (non-hydrogen) atoms. The number of thiophene rings is 1. The highest BCUT2D eigenvalue weighted by Crippen LogP contribution is 2.45. The molecule has 1 aliphatic rings. The molecular weight excluding hydrogens is 619 g/mol. The van der Waals surface area contributed by atoms with Crippen molar-refractivity contribution in [3.8, 4) is 45.3 Å². The molecule has 0 aliphatic heterocycles. The van der Waals surface area contributed by atoms with Crippen LogP contribution in [0.5, 0.6) is 0 Å². The molecule has 6 aromatic carbocycles. The van der Waals surface area contributed by atoms with Gasteiger partial charge in [0, 0.05) is 42.4 Å². The van der Waals surface area contributed by atoms with Gasteiger partial charge in [-0.05, 0) is 76.2 Å². The van der Waals surface area contributed by atoms with Crippen molar-refractivity contribution in [2.24, 2.45) is 0 Å². The third-order valence-corrected chi connectivity index (χ3v) is 10.9. The van der Waals surface area contributed by atoms with Gasteiger partial charge in [-0.2, -0.15) is 0 Å². The minimum Gasteiger partial charge on any atom is -0.456 e. The van der Waals surface area contributed by atoms with Crippen LogP contribution in [0.4, 0.5) is 0 Å². The summed E-state index contributed by atoms with van der Waals surface area (Å²) < 4.78 is 7.45. The Morgan fingerprint density at radius 3 is 2.16 bits per heavy atom. The number of para-hydroxylation sites is 1. The molecule has 9 aromatic rings. The van der Waals surface area contributed by atoms with Gasteiger partial charge in [-0.15, -0.1) is 11.3 Å². The first-order valence-corrected chi connectivity index (χ1v) is 17.5. The largest absolute Gasteiger partial charge is 0.456 e. The van der Waals surface area contributed by atoms with Gasteiger partial charge in [0.1, 0.15) is 11.2 Å². The maximum absolute atomic E-state index is 6.18. The molecule has 1 aliphatic carbocycles. The highest BCUT2D eigenvalue weighted by molar-refractivity contribution is 7.20. The summed E-state index contributed by atoms with van der Waals surface area (Å²) in [5, 5.41) is 5.83. The van der Waals surface area contributed by atoms with E-state index in [4.69, 9.17) is 19.4 Å². The standard InChI is InChI=1S/C44H29N3OS/c1-26-10-7-18-37-39(26)41-34(15-9-19-38(41)49-37)44-46-42(27-11-3-2-4-12-27)45-43(47-44)31-23-21-28-24-30(22-20-29(28)25-31)32-14-8-17-36-40(32)33-13-5-6-16-35(33)48-36/h2-9,11-26H,10H2,1H3. The quantitative estimate of drug-likeness (QED) is 0.191. The molecular formula is C44H29N3OS. The maximum atomic E-state index is 6.18. The molecule has 10 rings (SSSR count). The highest BCUT2D eigenvalue weighted by Gasteiger charge is 2.23. The van der Waals surface area contributed by atoms with Crippen molar-refractivity contribution < 1.29 is 4.42 Å². The average molecular weight is 648 g/mol. The Morgan fingerprint density at radius 2 is 1.29 bits per heavy atom. The van der Waals surface area contributed by atoms with Crippen LogP contribution in [-0.2, 0) is 0 Å². The van der Waals surface area contributed by atoms with E-state index in [0.717, 1.165) is 66.9 Å². The fourth-order valence-corrected chi connectivity index (χ4v) is 8.68. The molecule has 0 amide bonds. The van der Waals surface area contributed by atoms with E-state index >= 15 is 0 Å². The third-order valence-electron chi connectivity index (χ3n) is 9.75. The zero-order chi connectivity index (χ0) is 32.5. The zero-order valence-corrected chi connectivity index (χ0v) is 27.5. The molecule has 5 heteroatoms. The van der Waals surface area contributed by atoms with E-state index in [0.29, 0.717) is 23.4 Å². The van der Waals surface area contributed by atoms with Gasteiger partial charge in [0.2, 0.25) is 0 Å². The molecule has 1 unspecified atom stereocenters. The van der Waals surface area contributed by atoms with E-state index in [-0.39, 0.29) is 0 Å². The number of rotatable bonds is 4. The monoisotopic (exact) mass is 647 g/mol. The minimum atomic E-state index is 0.439. The SMILES string of the molecule is CC1CC=Cc2sc3cccc(-c4nc(-c5ccccc5)nc(-c5ccc6cc(-c7cccc8oc9ccccc9c78)ccc6c5)n4)c3c21. The topological polar surface area (TPSA) is 51.8 Å². The van der Waals surface area contributed by atoms with Crippen LogP contribution in [-0.4, -0.2) is 15.0 Å². The molecule has 0 bridgehead atoms. The van der Waals surface area contributed by atoms with Gasteiger partial charge in [-0.25, -0.2) is 15.0 Å². The zero-order valence-electron chi connectivity index (χ0n) is 26.7. The maximum Gasteiger partial charge on any atom is 0.164 e. The van der Waals surface area contributed by atoms with Crippen LogP contribution in [0.3, 0.4) is 0 Å². The number of nitrogens with zero attached hydrogens (tertiary/aromatic N) is 3. The first-order valence-electron chi connectivity index (χ1n) is 16.7. The second kappa shape index (κ2) is 11.1. The van der Waals surface area contributed by atoms with Crippen molar-refractivity contribution in [2.45, 2.75) is 19.3 Å². The van der Waals surface area contributed by atoms with Crippen molar-refractivity contribution in [1.82, 2.24) is 15.0 Å². The van der Waals surface area contributed by atoms with E-state index in [1.165, 1.54) is 20.5 Å². The Bertz CT molecular complexity index is 2770. The molecule has 0 spiro atoms. The van der Waals surface area contributed by atoms with Crippen molar-refractivity contribution in [2.75, 3.05) is 0 Å². The fourth-order valence-electron chi connectivity index (χ4n) is 7.40. The van der Waals surface area contributed by atoms with E-state index < -0.39 is 0 Å². The number of hydrogen-bond donors (Lipinski definition) is 0. The summed E-state index contributed by atoms with van der Waals surface area (Å²) in [6, 6.07) is 44.4. The Balaban J connectivity index is 1.12. The number of allylic oxidation sites excluding steroid dienone is 1. The lowest BCUT2D eigenvalue weighted by Gasteiger charge is -2.16. The van der Waals surface area contributed by atoms with Crippen molar-refractivity contribution >= 4 is 60.2 Å². The molecule has 0 N–H and O–H groups in total. The molecule has 1 atom stereocenters. The van der Waals surface area contributed by atoms with Crippen LogP contribution in [0.2, 0.25) is 0 Å².